The predicted molar refractivity (Wildman–Crippen MR) is 102 cm³/mol. The Morgan fingerprint density at radius 1 is 0.700 bits per heavy atom. The quantitative estimate of drug-likeness (QED) is 0.158. The van der Waals surface area contributed by atoms with Gasteiger partial charge in [0, 0.05) is 44.5 Å². The van der Waals surface area contributed by atoms with Gasteiger partial charge in [0.15, 0.2) is 5.36 Å². The van der Waals surface area contributed by atoms with Crippen LogP contribution in [0.3, 0.4) is 0 Å². The molecule has 142 valence electrons. The molecule has 0 amide bonds. The molecule has 8 heteroatoms. The fourth-order valence-electron chi connectivity index (χ4n) is 4.09. The molecule has 0 atom stereocenters. The molecule has 0 N–H and O–H groups in total. The van der Waals surface area contributed by atoms with E-state index in [1.54, 1.807) is 6.19 Å². The van der Waals surface area contributed by atoms with Crippen molar-refractivity contribution in [2.75, 3.05) is 0 Å². The van der Waals surface area contributed by atoms with Crippen molar-refractivity contribution in [1.82, 2.24) is 0 Å². The van der Waals surface area contributed by atoms with E-state index in [4.69, 9.17) is 11.8 Å². The fourth-order valence-corrected chi connectivity index (χ4v) is 4.09. The van der Waals surface area contributed by atoms with Crippen molar-refractivity contribution in [3.63, 3.8) is 0 Å². The molecule has 0 heterocycles. The van der Waals surface area contributed by atoms with Crippen molar-refractivity contribution in [1.29, 1.82) is 5.26 Å². The average Bonchev–Trinajstić information content (AvgIpc) is 3.14. The van der Waals surface area contributed by atoms with Crippen molar-refractivity contribution in [3.8, 4) is 6.19 Å². The Kier molecular flexibility index (Phi) is 3.61. The van der Waals surface area contributed by atoms with Crippen LogP contribution in [0.4, 0.5) is 17.6 Å². The van der Waals surface area contributed by atoms with Crippen molar-refractivity contribution >= 4 is 43.1 Å². The monoisotopic (exact) mass is 402 g/mol. The lowest BCUT2D eigenvalue weighted by Crippen LogP contribution is -1.99. The molecule has 0 aromatic heterocycles. The predicted octanol–water partition coefficient (Wildman–Crippen LogP) is 4.85. The lowest BCUT2D eigenvalue weighted by molar-refractivity contribution is 0.592. The van der Waals surface area contributed by atoms with Crippen LogP contribution >= 0.6 is 0 Å². The van der Waals surface area contributed by atoms with Crippen molar-refractivity contribution in [2.45, 2.75) is 0 Å². The largest absolute Gasteiger partial charge is 0.207 e. The Hall–Kier alpha value is -4.30. The van der Waals surface area contributed by atoms with Crippen LogP contribution in [0.15, 0.2) is 46.5 Å². The lowest BCUT2D eigenvalue weighted by Gasteiger charge is -1.98. The summed E-state index contributed by atoms with van der Waals surface area (Å²) in [6.45, 7) is 7.07. The van der Waals surface area contributed by atoms with Crippen molar-refractivity contribution < 1.29 is 17.6 Å². The fraction of sp³-hybridized carbons (Fsp3) is 0. The molecule has 0 saturated carbocycles. The van der Waals surface area contributed by atoms with Crippen molar-refractivity contribution in [2.24, 2.45) is 10.1 Å². The maximum atomic E-state index is 14.7. The Balaban J connectivity index is 2.17. The second-order valence-electron chi connectivity index (χ2n) is 6.67. The Morgan fingerprint density at radius 3 is 1.70 bits per heavy atom. The highest BCUT2D eigenvalue weighted by Crippen LogP contribution is 2.34. The first-order valence-electron chi connectivity index (χ1n) is 8.54. The summed E-state index contributed by atoms with van der Waals surface area (Å²) in [4.78, 5) is 6.71. The molecule has 30 heavy (non-hydrogen) atoms. The van der Waals surface area contributed by atoms with Gasteiger partial charge in [-0.15, -0.1) is 4.95 Å². The number of nitrogens with zero attached hydrogens (tertiary/aromatic N) is 4. The molecular formula is C22H6F4N4. The first kappa shape index (κ1) is 17.8. The minimum Gasteiger partial charge on any atom is -0.207 e. The van der Waals surface area contributed by atoms with Crippen LogP contribution in [0.25, 0.3) is 48.0 Å². The molecule has 0 fully saturated rings. The van der Waals surface area contributed by atoms with Gasteiger partial charge in [0.25, 0.3) is 0 Å². The second kappa shape index (κ2) is 6.10. The summed E-state index contributed by atoms with van der Waals surface area (Å²) >= 11 is 0. The third kappa shape index (κ3) is 2.25. The average molecular weight is 402 g/mol. The highest BCUT2D eigenvalue weighted by Gasteiger charge is 2.20. The summed E-state index contributed by atoms with van der Waals surface area (Å²) in [6.07, 6.45) is 1.62. The van der Waals surface area contributed by atoms with Gasteiger partial charge >= 0.3 is 0 Å². The van der Waals surface area contributed by atoms with Crippen molar-refractivity contribution in [3.05, 3.63) is 81.9 Å². The highest BCUT2D eigenvalue weighted by molar-refractivity contribution is 6.21. The van der Waals surface area contributed by atoms with Crippen LogP contribution in [-0.2, 0) is 0 Å². The molecule has 0 unspecified atom stereocenters. The molecule has 4 nitrogen and oxygen atoms in total. The maximum Gasteiger partial charge on any atom is 0.206 e. The number of fused-ring (bicyclic) bond motifs is 6. The van der Waals surface area contributed by atoms with Gasteiger partial charge in [-0.05, 0) is 35.0 Å². The zero-order valence-electron chi connectivity index (χ0n) is 14.8. The summed E-state index contributed by atoms with van der Waals surface area (Å²) in [7, 11) is 0. The van der Waals surface area contributed by atoms with E-state index < -0.39 is 23.3 Å². The number of nitriles is 1. The van der Waals surface area contributed by atoms with Gasteiger partial charge in [-0.1, -0.05) is 0 Å². The van der Waals surface area contributed by atoms with E-state index in [2.05, 4.69) is 15.0 Å². The van der Waals surface area contributed by atoms with E-state index in [0.29, 0.717) is 33.7 Å². The van der Waals surface area contributed by atoms with Crippen LogP contribution in [0.5, 0.6) is 0 Å². The zero-order valence-corrected chi connectivity index (χ0v) is 14.8. The van der Waals surface area contributed by atoms with E-state index in [1.807, 2.05) is 0 Å². The molecule has 0 radical (unpaired) electrons. The van der Waals surface area contributed by atoms with Crippen LogP contribution in [0.2, 0.25) is 0 Å². The molecule has 5 rings (SSSR count). The number of rotatable bonds is 0. The third-order valence-electron chi connectivity index (χ3n) is 5.14. The van der Waals surface area contributed by atoms with E-state index in [9.17, 15) is 17.6 Å². The van der Waals surface area contributed by atoms with Gasteiger partial charge in [0.05, 0.1) is 10.5 Å². The van der Waals surface area contributed by atoms with Gasteiger partial charge in [0.1, 0.15) is 23.3 Å². The van der Waals surface area contributed by atoms with Gasteiger partial charge in [-0.2, -0.15) is 16.8 Å². The zero-order chi connectivity index (χ0) is 21.2. The minimum atomic E-state index is -0.856. The second-order valence-corrected chi connectivity index (χ2v) is 6.67. The molecule has 0 aliphatic heterocycles. The molecule has 5 aromatic carbocycles. The Morgan fingerprint density at radius 2 is 1.20 bits per heavy atom. The summed E-state index contributed by atoms with van der Waals surface area (Å²) < 4.78 is 57.0. The first-order chi connectivity index (χ1) is 14.4. The van der Waals surface area contributed by atoms with Gasteiger partial charge in [-0.3, -0.25) is 0 Å². The molecule has 5 aromatic rings. The third-order valence-corrected chi connectivity index (χ3v) is 5.14. The molecular weight excluding hydrogens is 396 g/mol. The normalized spacial score (nSPS) is 13.0. The highest BCUT2D eigenvalue weighted by atomic mass is 19.1. The van der Waals surface area contributed by atoms with Gasteiger partial charge in [0.2, 0.25) is 6.19 Å². The topological polar surface area (TPSA) is 52.9 Å². The molecule has 0 aliphatic rings. The lowest BCUT2D eigenvalue weighted by atomic mass is 10.1. The van der Waals surface area contributed by atoms with Crippen LogP contribution in [0, 0.1) is 41.3 Å². The molecule has 0 aliphatic carbocycles. The van der Waals surface area contributed by atoms with Crippen LogP contribution in [-0.4, -0.2) is 0 Å². The number of halogens is 4. The molecule has 0 saturated heterocycles. The number of hydrogen-bond donors (Lipinski definition) is 0. The first-order valence-corrected chi connectivity index (χ1v) is 8.54. The van der Waals surface area contributed by atoms with E-state index in [1.165, 1.54) is 12.1 Å². The van der Waals surface area contributed by atoms with Crippen LogP contribution in [0.1, 0.15) is 0 Å². The van der Waals surface area contributed by atoms with E-state index >= 15 is 0 Å². The Bertz CT molecular complexity index is 1630. The summed E-state index contributed by atoms with van der Waals surface area (Å²) in [5.74, 6) is -3.37. The Labute approximate surface area is 164 Å². The van der Waals surface area contributed by atoms with E-state index in [0.717, 1.165) is 12.1 Å². The summed E-state index contributed by atoms with van der Waals surface area (Å²) in [6, 6.07) is 6.52. The summed E-state index contributed by atoms with van der Waals surface area (Å²) in [5, 5.41) is 14.3. The summed E-state index contributed by atoms with van der Waals surface area (Å²) in [5.41, 5.74) is 0. The standard InChI is InChI=1S/C22H6F4N4/c1-28-30-22-14-7-11-13(6-12(14)20-16(22)3-10(24)5-18(20)26)21(29-8-27)15-2-9(23)4-17(25)19(11)15/h2-7H. The van der Waals surface area contributed by atoms with Gasteiger partial charge < -0.3 is 0 Å². The minimum absolute atomic E-state index is 0.0352. The van der Waals surface area contributed by atoms with Crippen LogP contribution < -0.4 is 10.7 Å². The smallest absolute Gasteiger partial charge is 0.206 e. The van der Waals surface area contributed by atoms with Gasteiger partial charge in [-0.25, -0.2) is 17.6 Å². The maximum absolute atomic E-state index is 14.7. The van der Waals surface area contributed by atoms with E-state index in [-0.39, 0.29) is 32.3 Å². The molecule has 0 spiro atoms. The SMILES string of the molecule is [C-]#[N+]N=c1c2cc3c(cc2c2c(F)cc(F)cc12)c(=NC#N)c1cc(F)cc(F)c13. The number of benzene rings is 3. The molecule has 0 bridgehead atoms. The number of hydrogen-bond acceptors (Lipinski definition) is 3.